The number of aromatic nitrogens is 3. The lowest BCUT2D eigenvalue weighted by Gasteiger charge is -2.35. The molecule has 1 aliphatic heterocycles. The van der Waals surface area contributed by atoms with Gasteiger partial charge in [0.25, 0.3) is 0 Å². The minimum absolute atomic E-state index is 0.217. The van der Waals surface area contributed by atoms with E-state index in [0.717, 1.165) is 31.8 Å². The molecule has 2 heterocycles. The van der Waals surface area contributed by atoms with Crippen LogP contribution in [-0.4, -0.2) is 33.9 Å². The fraction of sp³-hybridized carbons (Fsp3) is 0.391. The first-order valence-electron chi connectivity index (χ1n) is 10.1. The van der Waals surface area contributed by atoms with Crippen LogP contribution in [0.2, 0.25) is 0 Å². The molecule has 1 aliphatic rings. The predicted octanol–water partition coefficient (Wildman–Crippen LogP) is 4.11. The van der Waals surface area contributed by atoms with Gasteiger partial charge in [0.2, 0.25) is 0 Å². The Morgan fingerprint density at radius 3 is 2.46 bits per heavy atom. The van der Waals surface area contributed by atoms with Gasteiger partial charge >= 0.3 is 0 Å². The quantitative estimate of drug-likeness (QED) is 0.729. The summed E-state index contributed by atoms with van der Waals surface area (Å²) < 4.78 is 1.99. The fourth-order valence-corrected chi connectivity index (χ4v) is 4.04. The first-order valence-corrected chi connectivity index (χ1v) is 10.1. The Hall–Kier alpha value is -2.66. The molecular weight excluding hydrogens is 346 g/mol. The van der Waals surface area contributed by atoms with Gasteiger partial charge < -0.3 is 14.8 Å². The molecule has 0 unspecified atom stereocenters. The summed E-state index contributed by atoms with van der Waals surface area (Å²) in [7, 11) is 2.00. The Bertz CT molecular complexity index is 907. The zero-order chi connectivity index (χ0) is 19.5. The summed E-state index contributed by atoms with van der Waals surface area (Å²) in [6.07, 6.45) is 4.03. The molecule has 1 saturated heterocycles. The summed E-state index contributed by atoms with van der Waals surface area (Å²) in [5.74, 6) is 0.994. The second kappa shape index (κ2) is 8.15. The van der Waals surface area contributed by atoms with Crippen molar-refractivity contribution in [1.29, 1.82) is 0 Å². The Kier molecular flexibility index (Phi) is 5.44. The van der Waals surface area contributed by atoms with Crippen molar-refractivity contribution in [2.75, 3.05) is 18.0 Å². The molecule has 1 N–H and O–H groups in total. The Balaban J connectivity index is 1.38. The maximum atomic E-state index is 4.23. The summed E-state index contributed by atoms with van der Waals surface area (Å²) in [6, 6.07) is 18.4. The number of anilines is 1. The molecule has 0 radical (unpaired) electrons. The van der Waals surface area contributed by atoms with Crippen molar-refractivity contribution in [1.82, 2.24) is 20.1 Å². The molecule has 1 atom stereocenters. The predicted molar refractivity (Wildman–Crippen MR) is 114 cm³/mol. The van der Waals surface area contributed by atoms with Gasteiger partial charge in [-0.3, -0.25) is 0 Å². The van der Waals surface area contributed by atoms with Gasteiger partial charge in [-0.05, 0) is 49.9 Å². The molecule has 0 spiro atoms. The topological polar surface area (TPSA) is 46.0 Å². The number of nitrogens with zero attached hydrogens (tertiary/aromatic N) is 4. The van der Waals surface area contributed by atoms with Gasteiger partial charge in [0.1, 0.15) is 12.2 Å². The van der Waals surface area contributed by atoms with Crippen molar-refractivity contribution in [3.63, 3.8) is 0 Å². The molecule has 146 valence electrons. The van der Waals surface area contributed by atoms with E-state index in [0.29, 0.717) is 6.04 Å². The van der Waals surface area contributed by atoms with Crippen LogP contribution in [0.4, 0.5) is 5.69 Å². The van der Waals surface area contributed by atoms with E-state index in [-0.39, 0.29) is 6.04 Å². The summed E-state index contributed by atoms with van der Waals surface area (Å²) >= 11 is 0. The third kappa shape index (κ3) is 4.09. The third-order valence-electron chi connectivity index (χ3n) is 5.71. The highest BCUT2D eigenvalue weighted by Crippen LogP contribution is 2.27. The van der Waals surface area contributed by atoms with Crippen LogP contribution in [-0.2, 0) is 7.05 Å². The highest BCUT2D eigenvalue weighted by Gasteiger charge is 2.22. The Labute approximate surface area is 167 Å². The smallest absolute Gasteiger partial charge is 0.149 e. The number of hydrogen-bond donors (Lipinski definition) is 1. The molecule has 5 nitrogen and oxygen atoms in total. The average molecular weight is 376 g/mol. The Morgan fingerprint density at radius 2 is 1.79 bits per heavy atom. The number of hydrogen-bond acceptors (Lipinski definition) is 4. The standard InChI is InChI=1S/C23H29N5/c1-17-7-9-19(10-8-17)20-5-4-6-22(15-20)28-13-11-21(12-14-28)25-18(2)23-26-24-16-27(23)3/h4-10,15-16,18,21,25H,11-14H2,1-3H3/t18-/m1/s1. The van der Waals surface area contributed by atoms with E-state index >= 15 is 0 Å². The number of piperidine rings is 1. The van der Waals surface area contributed by atoms with E-state index in [1.165, 1.54) is 22.4 Å². The molecule has 0 amide bonds. The van der Waals surface area contributed by atoms with Crippen LogP contribution >= 0.6 is 0 Å². The summed E-state index contributed by atoms with van der Waals surface area (Å²) in [4.78, 5) is 2.50. The lowest BCUT2D eigenvalue weighted by atomic mass is 10.0. The maximum Gasteiger partial charge on any atom is 0.149 e. The minimum atomic E-state index is 0.217. The lowest BCUT2D eigenvalue weighted by Crippen LogP contribution is -2.43. The Morgan fingerprint density at radius 1 is 1.04 bits per heavy atom. The van der Waals surface area contributed by atoms with E-state index in [9.17, 15) is 0 Å². The highest BCUT2D eigenvalue weighted by atomic mass is 15.3. The number of aryl methyl sites for hydroxylation is 2. The summed E-state index contributed by atoms with van der Waals surface area (Å²) in [5, 5.41) is 11.9. The summed E-state index contributed by atoms with van der Waals surface area (Å²) in [6.45, 7) is 6.44. The van der Waals surface area contributed by atoms with Crippen LogP contribution < -0.4 is 10.2 Å². The molecule has 28 heavy (non-hydrogen) atoms. The number of nitrogens with one attached hydrogen (secondary N) is 1. The first-order chi connectivity index (χ1) is 13.6. The van der Waals surface area contributed by atoms with Gasteiger partial charge in [0, 0.05) is 31.9 Å². The van der Waals surface area contributed by atoms with Crippen molar-refractivity contribution in [2.45, 2.75) is 38.8 Å². The molecule has 1 fully saturated rings. The van der Waals surface area contributed by atoms with Crippen LogP contribution in [0.25, 0.3) is 11.1 Å². The van der Waals surface area contributed by atoms with Gasteiger partial charge in [-0.2, -0.15) is 0 Å². The zero-order valence-electron chi connectivity index (χ0n) is 17.0. The largest absolute Gasteiger partial charge is 0.371 e. The van der Waals surface area contributed by atoms with Gasteiger partial charge in [-0.25, -0.2) is 0 Å². The van der Waals surface area contributed by atoms with Gasteiger partial charge in [-0.1, -0.05) is 42.0 Å². The second-order valence-electron chi connectivity index (χ2n) is 7.87. The molecule has 3 aromatic rings. The number of benzene rings is 2. The number of rotatable bonds is 5. The van der Waals surface area contributed by atoms with Crippen molar-refractivity contribution in [3.8, 4) is 11.1 Å². The van der Waals surface area contributed by atoms with Crippen molar-refractivity contribution in [3.05, 3.63) is 66.2 Å². The molecule has 5 heteroatoms. The van der Waals surface area contributed by atoms with Crippen LogP contribution in [0.1, 0.15) is 37.2 Å². The van der Waals surface area contributed by atoms with Crippen LogP contribution in [0.5, 0.6) is 0 Å². The zero-order valence-corrected chi connectivity index (χ0v) is 17.0. The van der Waals surface area contributed by atoms with Gasteiger partial charge in [-0.15, -0.1) is 10.2 Å². The molecule has 0 saturated carbocycles. The lowest BCUT2D eigenvalue weighted by molar-refractivity contribution is 0.370. The monoisotopic (exact) mass is 375 g/mol. The fourth-order valence-electron chi connectivity index (χ4n) is 4.04. The average Bonchev–Trinajstić information content (AvgIpc) is 3.15. The molecule has 4 rings (SSSR count). The normalized spacial score (nSPS) is 16.3. The van der Waals surface area contributed by atoms with Crippen molar-refractivity contribution in [2.24, 2.45) is 7.05 Å². The first kappa shape index (κ1) is 18.7. The van der Waals surface area contributed by atoms with E-state index in [1.807, 2.05) is 11.6 Å². The van der Waals surface area contributed by atoms with Gasteiger partial charge in [0.05, 0.1) is 6.04 Å². The summed E-state index contributed by atoms with van der Waals surface area (Å²) in [5.41, 5.74) is 5.18. The van der Waals surface area contributed by atoms with Crippen LogP contribution in [0.15, 0.2) is 54.9 Å². The molecule has 0 aliphatic carbocycles. The van der Waals surface area contributed by atoms with E-state index in [2.05, 4.69) is 82.8 Å². The van der Waals surface area contributed by atoms with Crippen molar-refractivity contribution >= 4 is 5.69 Å². The SMILES string of the molecule is Cc1ccc(-c2cccc(N3CCC(N[C@H](C)c4nncn4C)CC3)c2)cc1. The third-order valence-corrected chi connectivity index (χ3v) is 5.71. The second-order valence-corrected chi connectivity index (χ2v) is 7.87. The van der Waals surface area contributed by atoms with E-state index < -0.39 is 0 Å². The maximum absolute atomic E-state index is 4.23. The van der Waals surface area contributed by atoms with Crippen LogP contribution in [0.3, 0.4) is 0 Å². The molecule has 0 bridgehead atoms. The molecular formula is C23H29N5. The van der Waals surface area contributed by atoms with Gasteiger partial charge in [0.15, 0.2) is 0 Å². The molecule has 1 aromatic heterocycles. The molecule has 2 aromatic carbocycles. The minimum Gasteiger partial charge on any atom is -0.371 e. The van der Waals surface area contributed by atoms with Crippen molar-refractivity contribution < 1.29 is 0 Å². The van der Waals surface area contributed by atoms with E-state index in [1.54, 1.807) is 6.33 Å². The van der Waals surface area contributed by atoms with E-state index in [4.69, 9.17) is 0 Å². The highest BCUT2D eigenvalue weighted by molar-refractivity contribution is 5.68. The van der Waals surface area contributed by atoms with Crippen LogP contribution in [0, 0.1) is 6.92 Å².